The first-order valence-corrected chi connectivity index (χ1v) is 5.54. The first-order valence-electron chi connectivity index (χ1n) is 5.16. The molecule has 0 aliphatic rings. The van der Waals surface area contributed by atoms with Gasteiger partial charge in [-0.2, -0.15) is 0 Å². The minimum Gasteiger partial charge on any atom is -0.386 e. The van der Waals surface area contributed by atoms with E-state index < -0.39 is 11.9 Å². The van der Waals surface area contributed by atoms with Crippen molar-refractivity contribution in [2.75, 3.05) is 0 Å². The summed E-state index contributed by atoms with van der Waals surface area (Å²) >= 11 is 5.83. The molecule has 0 fully saturated rings. The third kappa shape index (κ3) is 2.48. The number of aryl methyl sites for hydroxylation is 1. The van der Waals surface area contributed by atoms with Gasteiger partial charge in [-0.25, -0.2) is 9.37 Å². The zero-order chi connectivity index (χ0) is 12.4. The van der Waals surface area contributed by atoms with Crippen LogP contribution in [0.4, 0.5) is 4.39 Å². The van der Waals surface area contributed by atoms with Crippen LogP contribution in [-0.4, -0.2) is 14.7 Å². The number of aromatic nitrogens is 2. The van der Waals surface area contributed by atoms with Gasteiger partial charge in [0.05, 0.1) is 29.3 Å². The minimum atomic E-state index is -0.748. The van der Waals surface area contributed by atoms with Crippen molar-refractivity contribution in [2.24, 2.45) is 7.05 Å². The molecule has 0 aliphatic heterocycles. The fraction of sp³-hybridized carbons (Fsp3) is 0.250. The standard InChI is InChI=1S/C12H12ClFN2O/c1-16-7-15-6-10(16)11(17)5-8-3-2-4-9(14)12(8)13/h2-4,6-7,11,17H,5H2,1H3. The fourth-order valence-electron chi connectivity index (χ4n) is 1.71. The van der Waals surface area contributed by atoms with Gasteiger partial charge in [-0.15, -0.1) is 0 Å². The van der Waals surface area contributed by atoms with Gasteiger partial charge in [0.1, 0.15) is 5.82 Å². The smallest absolute Gasteiger partial charge is 0.142 e. The second-order valence-corrected chi connectivity index (χ2v) is 4.24. The monoisotopic (exact) mass is 254 g/mol. The summed E-state index contributed by atoms with van der Waals surface area (Å²) < 4.78 is 14.9. The molecule has 2 rings (SSSR count). The van der Waals surface area contributed by atoms with Crippen LogP contribution in [0.5, 0.6) is 0 Å². The van der Waals surface area contributed by atoms with E-state index in [0.29, 0.717) is 11.3 Å². The highest BCUT2D eigenvalue weighted by Crippen LogP contribution is 2.25. The van der Waals surface area contributed by atoms with Crippen LogP contribution in [0.2, 0.25) is 5.02 Å². The summed E-state index contributed by atoms with van der Waals surface area (Å²) in [5, 5.41) is 10.1. The quantitative estimate of drug-likeness (QED) is 0.914. The van der Waals surface area contributed by atoms with Gasteiger partial charge in [-0.3, -0.25) is 0 Å². The highest BCUT2D eigenvalue weighted by atomic mass is 35.5. The normalized spacial score (nSPS) is 12.7. The first kappa shape index (κ1) is 12.1. The Morgan fingerprint density at radius 1 is 1.53 bits per heavy atom. The molecule has 0 radical (unpaired) electrons. The highest BCUT2D eigenvalue weighted by molar-refractivity contribution is 6.31. The molecular formula is C12H12ClFN2O. The number of rotatable bonds is 3. The summed E-state index contributed by atoms with van der Waals surface area (Å²) in [4.78, 5) is 3.92. The van der Waals surface area contributed by atoms with Crippen molar-refractivity contribution in [3.05, 3.63) is 52.8 Å². The van der Waals surface area contributed by atoms with Gasteiger partial charge in [0.2, 0.25) is 0 Å². The van der Waals surface area contributed by atoms with E-state index in [1.54, 1.807) is 36.3 Å². The zero-order valence-corrected chi connectivity index (χ0v) is 10.0. The van der Waals surface area contributed by atoms with Gasteiger partial charge in [0.15, 0.2) is 0 Å². The Hall–Kier alpha value is -1.39. The van der Waals surface area contributed by atoms with Crippen molar-refractivity contribution >= 4 is 11.6 Å². The SMILES string of the molecule is Cn1cncc1C(O)Cc1cccc(F)c1Cl. The summed E-state index contributed by atoms with van der Waals surface area (Å²) in [6.45, 7) is 0. The van der Waals surface area contributed by atoms with Gasteiger partial charge in [-0.1, -0.05) is 23.7 Å². The van der Waals surface area contributed by atoms with Crippen molar-refractivity contribution in [1.29, 1.82) is 0 Å². The second-order valence-electron chi connectivity index (χ2n) is 3.86. The van der Waals surface area contributed by atoms with Gasteiger partial charge in [0.25, 0.3) is 0 Å². The summed E-state index contributed by atoms with van der Waals surface area (Å²) in [6.07, 6.45) is 2.70. The van der Waals surface area contributed by atoms with Crippen LogP contribution in [0.1, 0.15) is 17.4 Å². The molecule has 0 aliphatic carbocycles. The number of hydrogen-bond donors (Lipinski definition) is 1. The Bertz CT molecular complexity index is 527. The molecule has 1 N–H and O–H groups in total. The van der Waals surface area contributed by atoms with Crippen molar-refractivity contribution < 1.29 is 9.50 Å². The molecule has 90 valence electrons. The van der Waals surface area contributed by atoms with Crippen molar-refractivity contribution in [3.8, 4) is 0 Å². The van der Waals surface area contributed by atoms with Crippen LogP contribution in [-0.2, 0) is 13.5 Å². The second kappa shape index (κ2) is 4.85. The van der Waals surface area contributed by atoms with Crippen molar-refractivity contribution in [1.82, 2.24) is 9.55 Å². The molecule has 1 unspecified atom stereocenters. The lowest BCUT2D eigenvalue weighted by atomic mass is 10.1. The van der Waals surface area contributed by atoms with E-state index in [9.17, 15) is 9.50 Å². The van der Waals surface area contributed by atoms with Crippen LogP contribution in [0.15, 0.2) is 30.7 Å². The number of benzene rings is 1. The van der Waals surface area contributed by atoms with E-state index in [0.717, 1.165) is 0 Å². The highest BCUT2D eigenvalue weighted by Gasteiger charge is 2.15. The molecule has 1 aromatic heterocycles. The molecule has 1 aromatic carbocycles. The molecule has 2 aromatic rings. The predicted molar refractivity (Wildman–Crippen MR) is 63.3 cm³/mol. The van der Waals surface area contributed by atoms with E-state index in [4.69, 9.17) is 11.6 Å². The van der Waals surface area contributed by atoms with E-state index >= 15 is 0 Å². The molecule has 0 amide bonds. The molecule has 3 nitrogen and oxygen atoms in total. The number of imidazole rings is 1. The lowest BCUT2D eigenvalue weighted by Gasteiger charge is -2.12. The average molecular weight is 255 g/mol. The van der Waals surface area contributed by atoms with E-state index in [-0.39, 0.29) is 11.4 Å². The Morgan fingerprint density at radius 3 is 2.94 bits per heavy atom. The fourth-order valence-corrected chi connectivity index (χ4v) is 1.91. The van der Waals surface area contributed by atoms with Crippen molar-refractivity contribution in [3.63, 3.8) is 0 Å². The number of aliphatic hydroxyl groups excluding tert-OH is 1. The summed E-state index contributed by atoms with van der Waals surface area (Å²) in [7, 11) is 1.79. The molecule has 1 heterocycles. The van der Waals surface area contributed by atoms with Gasteiger partial charge in [-0.05, 0) is 11.6 Å². The maximum atomic E-state index is 13.2. The summed E-state index contributed by atoms with van der Waals surface area (Å²) in [5.74, 6) is -0.471. The zero-order valence-electron chi connectivity index (χ0n) is 9.27. The molecule has 5 heteroatoms. The third-order valence-electron chi connectivity index (χ3n) is 2.64. The van der Waals surface area contributed by atoms with Crippen LogP contribution in [0.3, 0.4) is 0 Å². The molecule has 0 saturated heterocycles. The van der Waals surface area contributed by atoms with Gasteiger partial charge < -0.3 is 9.67 Å². The number of halogens is 2. The van der Waals surface area contributed by atoms with E-state index in [2.05, 4.69) is 4.98 Å². The molecule has 0 bridgehead atoms. The lowest BCUT2D eigenvalue weighted by Crippen LogP contribution is -2.07. The Balaban J connectivity index is 2.22. The molecule has 1 atom stereocenters. The first-order chi connectivity index (χ1) is 8.09. The molecular weight excluding hydrogens is 243 g/mol. The van der Waals surface area contributed by atoms with E-state index in [1.165, 1.54) is 6.07 Å². The average Bonchev–Trinajstić information content (AvgIpc) is 2.71. The lowest BCUT2D eigenvalue weighted by molar-refractivity contribution is 0.170. The third-order valence-corrected chi connectivity index (χ3v) is 3.06. The van der Waals surface area contributed by atoms with Gasteiger partial charge >= 0.3 is 0 Å². The van der Waals surface area contributed by atoms with Crippen LogP contribution in [0.25, 0.3) is 0 Å². The predicted octanol–water partition coefficient (Wildman–Crippen LogP) is 2.49. The van der Waals surface area contributed by atoms with E-state index in [1.807, 2.05) is 0 Å². The molecule has 0 spiro atoms. The maximum absolute atomic E-state index is 13.2. The summed E-state index contributed by atoms with van der Waals surface area (Å²) in [5.41, 5.74) is 1.26. The van der Waals surface area contributed by atoms with Gasteiger partial charge in [0, 0.05) is 13.5 Å². The Kier molecular flexibility index (Phi) is 3.45. The Labute approximate surface area is 103 Å². The van der Waals surface area contributed by atoms with Crippen LogP contribution in [0, 0.1) is 5.82 Å². The van der Waals surface area contributed by atoms with Crippen LogP contribution >= 0.6 is 11.6 Å². The molecule has 0 saturated carbocycles. The van der Waals surface area contributed by atoms with Crippen molar-refractivity contribution in [2.45, 2.75) is 12.5 Å². The number of nitrogens with zero attached hydrogens (tertiary/aromatic N) is 2. The maximum Gasteiger partial charge on any atom is 0.142 e. The summed E-state index contributed by atoms with van der Waals surface area (Å²) in [6, 6.07) is 4.57. The van der Waals surface area contributed by atoms with Crippen LogP contribution < -0.4 is 0 Å². The Morgan fingerprint density at radius 2 is 2.29 bits per heavy atom. The largest absolute Gasteiger partial charge is 0.386 e. The minimum absolute atomic E-state index is 0.0636. The number of aliphatic hydroxyl groups is 1. The topological polar surface area (TPSA) is 38.0 Å². The molecule has 17 heavy (non-hydrogen) atoms. The number of hydrogen-bond acceptors (Lipinski definition) is 2.